The van der Waals surface area contributed by atoms with E-state index in [4.69, 9.17) is 4.74 Å². The van der Waals surface area contributed by atoms with E-state index in [0.29, 0.717) is 0 Å². The Bertz CT molecular complexity index is 760. The molecule has 0 bridgehead atoms. The van der Waals surface area contributed by atoms with Gasteiger partial charge in [-0.1, -0.05) is 17.4 Å². The molecule has 3 aromatic rings. The molecule has 1 aromatic heterocycles. The van der Waals surface area contributed by atoms with Gasteiger partial charge in [-0.05, 0) is 54.4 Å². The SMILES string of the molecule is COc1ccc(C=Nc2nc3ccc(C)cc3s2)cc1. The average Bonchev–Trinajstić information content (AvgIpc) is 2.87. The van der Waals surface area contributed by atoms with E-state index >= 15 is 0 Å². The Hall–Kier alpha value is -2.20. The third-order valence-electron chi connectivity index (χ3n) is 2.97. The average molecular weight is 282 g/mol. The second-order valence-electron chi connectivity index (χ2n) is 4.50. The molecule has 3 rings (SSSR count). The molecule has 0 aliphatic rings. The molecule has 2 aromatic carbocycles. The lowest BCUT2D eigenvalue weighted by Gasteiger charge is -1.98. The van der Waals surface area contributed by atoms with Crippen LogP contribution in [-0.2, 0) is 0 Å². The summed E-state index contributed by atoms with van der Waals surface area (Å²) in [7, 11) is 1.66. The fourth-order valence-electron chi connectivity index (χ4n) is 1.89. The van der Waals surface area contributed by atoms with Gasteiger partial charge in [0, 0.05) is 6.21 Å². The molecule has 4 heteroatoms. The Balaban J connectivity index is 1.85. The largest absolute Gasteiger partial charge is 0.497 e. The highest BCUT2D eigenvalue weighted by Gasteiger charge is 2.02. The number of methoxy groups -OCH3 is 1. The summed E-state index contributed by atoms with van der Waals surface area (Å²) in [5.74, 6) is 0.845. The number of ether oxygens (including phenoxy) is 1. The summed E-state index contributed by atoms with van der Waals surface area (Å²) in [4.78, 5) is 8.94. The van der Waals surface area contributed by atoms with Crippen molar-refractivity contribution >= 4 is 32.9 Å². The van der Waals surface area contributed by atoms with Crippen LogP contribution in [0.15, 0.2) is 47.5 Å². The summed E-state index contributed by atoms with van der Waals surface area (Å²) in [6.45, 7) is 2.08. The quantitative estimate of drug-likeness (QED) is 0.669. The Labute approximate surface area is 121 Å². The number of nitrogens with zero attached hydrogens (tertiary/aromatic N) is 2. The maximum Gasteiger partial charge on any atom is 0.210 e. The van der Waals surface area contributed by atoms with Gasteiger partial charge in [0.1, 0.15) is 5.75 Å². The molecule has 100 valence electrons. The van der Waals surface area contributed by atoms with Crippen molar-refractivity contribution in [2.24, 2.45) is 4.99 Å². The van der Waals surface area contributed by atoms with Gasteiger partial charge in [0.05, 0.1) is 17.3 Å². The summed E-state index contributed by atoms with van der Waals surface area (Å²) in [5, 5.41) is 0.779. The van der Waals surface area contributed by atoms with Gasteiger partial charge < -0.3 is 4.74 Å². The van der Waals surface area contributed by atoms with Crippen molar-refractivity contribution in [1.82, 2.24) is 4.98 Å². The molecule has 0 aliphatic heterocycles. The van der Waals surface area contributed by atoms with E-state index in [1.807, 2.05) is 36.5 Å². The molecule has 0 radical (unpaired) electrons. The molecule has 20 heavy (non-hydrogen) atoms. The van der Waals surface area contributed by atoms with E-state index in [1.165, 1.54) is 10.3 Å². The van der Waals surface area contributed by atoms with Crippen LogP contribution in [0.3, 0.4) is 0 Å². The third kappa shape index (κ3) is 2.70. The predicted octanol–water partition coefficient (Wildman–Crippen LogP) is 4.36. The minimum absolute atomic E-state index is 0.779. The maximum atomic E-state index is 5.13. The maximum absolute atomic E-state index is 5.13. The number of rotatable bonds is 3. The smallest absolute Gasteiger partial charge is 0.210 e. The number of aromatic nitrogens is 1. The molecule has 0 saturated heterocycles. The van der Waals surface area contributed by atoms with Gasteiger partial charge >= 0.3 is 0 Å². The first-order chi connectivity index (χ1) is 9.74. The van der Waals surface area contributed by atoms with Crippen LogP contribution < -0.4 is 4.74 Å². The molecule has 0 spiro atoms. The summed E-state index contributed by atoms with van der Waals surface area (Å²) >= 11 is 1.60. The number of hydrogen-bond donors (Lipinski definition) is 0. The molecule has 0 aliphatic carbocycles. The lowest BCUT2D eigenvalue weighted by Crippen LogP contribution is -1.84. The minimum atomic E-state index is 0.779. The lowest BCUT2D eigenvalue weighted by molar-refractivity contribution is 0.415. The van der Waals surface area contributed by atoms with Crippen molar-refractivity contribution in [2.75, 3.05) is 7.11 Å². The molecular weight excluding hydrogens is 268 g/mol. The van der Waals surface area contributed by atoms with Crippen molar-refractivity contribution in [3.8, 4) is 5.75 Å². The van der Waals surface area contributed by atoms with Crippen LogP contribution >= 0.6 is 11.3 Å². The van der Waals surface area contributed by atoms with E-state index < -0.39 is 0 Å². The first-order valence-electron chi connectivity index (χ1n) is 6.30. The molecule has 0 fully saturated rings. The summed E-state index contributed by atoms with van der Waals surface area (Å²) in [6, 6.07) is 14.0. The summed E-state index contributed by atoms with van der Waals surface area (Å²) < 4.78 is 6.30. The monoisotopic (exact) mass is 282 g/mol. The van der Waals surface area contributed by atoms with Crippen LogP contribution in [0.25, 0.3) is 10.2 Å². The first-order valence-corrected chi connectivity index (χ1v) is 7.11. The highest BCUT2D eigenvalue weighted by atomic mass is 32.1. The Morgan fingerprint density at radius 3 is 2.70 bits per heavy atom. The number of aryl methyl sites for hydroxylation is 1. The topological polar surface area (TPSA) is 34.5 Å². The van der Waals surface area contributed by atoms with Gasteiger partial charge in [-0.3, -0.25) is 0 Å². The molecular formula is C16H14N2OS. The highest BCUT2D eigenvalue weighted by Crippen LogP contribution is 2.28. The van der Waals surface area contributed by atoms with E-state index in [0.717, 1.165) is 22.0 Å². The minimum Gasteiger partial charge on any atom is -0.497 e. The molecule has 0 atom stereocenters. The zero-order chi connectivity index (χ0) is 13.9. The number of hydrogen-bond acceptors (Lipinski definition) is 4. The van der Waals surface area contributed by atoms with Crippen LogP contribution in [0, 0.1) is 6.92 Å². The van der Waals surface area contributed by atoms with E-state index in [2.05, 4.69) is 29.0 Å². The summed E-state index contributed by atoms with van der Waals surface area (Å²) in [6.07, 6.45) is 1.82. The normalized spacial score (nSPS) is 11.3. The number of thiazole rings is 1. The number of aliphatic imine (C=N–C) groups is 1. The Morgan fingerprint density at radius 2 is 1.95 bits per heavy atom. The Kier molecular flexibility index (Phi) is 3.48. The van der Waals surface area contributed by atoms with E-state index in [1.54, 1.807) is 18.4 Å². The van der Waals surface area contributed by atoms with Gasteiger partial charge in [0.15, 0.2) is 0 Å². The molecule has 0 unspecified atom stereocenters. The molecule has 0 N–H and O–H groups in total. The first kappa shape index (κ1) is 12.8. The second kappa shape index (κ2) is 5.43. The number of fused-ring (bicyclic) bond motifs is 1. The molecule has 1 heterocycles. The molecule has 0 amide bonds. The van der Waals surface area contributed by atoms with Crippen molar-refractivity contribution in [2.45, 2.75) is 6.92 Å². The van der Waals surface area contributed by atoms with Crippen LogP contribution in [0.5, 0.6) is 5.75 Å². The summed E-state index contributed by atoms with van der Waals surface area (Å²) in [5.41, 5.74) is 3.27. The van der Waals surface area contributed by atoms with Crippen LogP contribution in [0.4, 0.5) is 5.13 Å². The van der Waals surface area contributed by atoms with E-state index in [-0.39, 0.29) is 0 Å². The second-order valence-corrected chi connectivity index (χ2v) is 5.51. The van der Waals surface area contributed by atoms with Crippen LogP contribution in [0.1, 0.15) is 11.1 Å². The zero-order valence-corrected chi connectivity index (χ0v) is 12.1. The predicted molar refractivity (Wildman–Crippen MR) is 84.6 cm³/mol. The van der Waals surface area contributed by atoms with Gasteiger partial charge in [-0.15, -0.1) is 0 Å². The zero-order valence-electron chi connectivity index (χ0n) is 11.3. The third-order valence-corrected chi connectivity index (χ3v) is 3.90. The van der Waals surface area contributed by atoms with Crippen molar-refractivity contribution in [3.05, 3.63) is 53.6 Å². The number of benzene rings is 2. The highest BCUT2D eigenvalue weighted by molar-refractivity contribution is 7.22. The van der Waals surface area contributed by atoms with Crippen LogP contribution in [-0.4, -0.2) is 18.3 Å². The van der Waals surface area contributed by atoms with Crippen molar-refractivity contribution in [3.63, 3.8) is 0 Å². The molecule has 0 saturated carbocycles. The van der Waals surface area contributed by atoms with Gasteiger partial charge in [0.25, 0.3) is 0 Å². The fourth-order valence-corrected chi connectivity index (χ4v) is 2.80. The van der Waals surface area contributed by atoms with Crippen LogP contribution in [0.2, 0.25) is 0 Å². The van der Waals surface area contributed by atoms with Crippen molar-refractivity contribution in [1.29, 1.82) is 0 Å². The fraction of sp³-hybridized carbons (Fsp3) is 0.125. The Morgan fingerprint density at radius 1 is 1.15 bits per heavy atom. The van der Waals surface area contributed by atoms with Crippen molar-refractivity contribution < 1.29 is 4.74 Å². The van der Waals surface area contributed by atoms with Gasteiger partial charge in [-0.25, -0.2) is 9.98 Å². The van der Waals surface area contributed by atoms with Gasteiger partial charge in [0.2, 0.25) is 5.13 Å². The molecule has 3 nitrogen and oxygen atoms in total. The van der Waals surface area contributed by atoms with Gasteiger partial charge in [-0.2, -0.15) is 0 Å². The standard InChI is InChI=1S/C16H14N2OS/c1-11-3-8-14-15(9-11)20-16(18-14)17-10-12-4-6-13(19-2)7-5-12/h3-10H,1-2H3. The lowest BCUT2D eigenvalue weighted by atomic mass is 10.2. The van der Waals surface area contributed by atoms with E-state index in [9.17, 15) is 0 Å².